The molecule has 0 aliphatic heterocycles. The van der Waals surface area contributed by atoms with Gasteiger partial charge in [-0.2, -0.15) is 0 Å². The van der Waals surface area contributed by atoms with E-state index in [1.54, 1.807) is 0 Å². The SMILES string of the molecule is Cc1cc(C)cc(CC(N)CSc2ccccc2)c1. The third-order valence-electron chi connectivity index (χ3n) is 2.99. The van der Waals surface area contributed by atoms with Gasteiger partial charge in [0.15, 0.2) is 0 Å². The number of benzene rings is 2. The molecule has 0 heterocycles. The number of aryl methyl sites for hydroxylation is 2. The minimum Gasteiger partial charge on any atom is -0.327 e. The maximum Gasteiger partial charge on any atom is 0.0174 e. The predicted octanol–water partition coefficient (Wildman–Crippen LogP) is 3.97. The number of rotatable bonds is 5. The van der Waals surface area contributed by atoms with Crippen LogP contribution < -0.4 is 5.73 Å². The van der Waals surface area contributed by atoms with Crippen molar-refractivity contribution < 1.29 is 0 Å². The molecule has 2 aromatic carbocycles. The van der Waals surface area contributed by atoms with Crippen molar-refractivity contribution in [3.05, 3.63) is 65.2 Å². The third kappa shape index (κ3) is 4.73. The molecule has 100 valence electrons. The van der Waals surface area contributed by atoms with Crippen LogP contribution in [0.15, 0.2) is 53.4 Å². The Hall–Kier alpha value is -1.25. The van der Waals surface area contributed by atoms with Gasteiger partial charge >= 0.3 is 0 Å². The largest absolute Gasteiger partial charge is 0.327 e. The zero-order chi connectivity index (χ0) is 13.7. The highest BCUT2D eigenvalue weighted by Gasteiger charge is 2.06. The van der Waals surface area contributed by atoms with Crippen molar-refractivity contribution in [1.82, 2.24) is 0 Å². The van der Waals surface area contributed by atoms with Crippen molar-refractivity contribution >= 4 is 11.8 Å². The Kier molecular flexibility index (Phi) is 5.06. The highest BCUT2D eigenvalue weighted by molar-refractivity contribution is 7.99. The quantitative estimate of drug-likeness (QED) is 0.833. The van der Waals surface area contributed by atoms with Crippen LogP contribution in [0.4, 0.5) is 0 Å². The lowest BCUT2D eigenvalue weighted by atomic mass is 10.0. The van der Waals surface area contributed by atoms with Gasteiger partial charge in [0, 0.05) is 16.7 Å². The van der Waals surface area contributed by atoms with E-state index in [1.165, 1.54) is 21.6 Å². The van der Waals surface area contributed by atoms with Gasteiger partial charge in [-0.05, 0) is 38.0 Å². The standard InChI is InChI=1S/C17H21NS/c1-13-8-14(2)10-15(9-13)11-16(18)12-19-17-6-4-3-5-7-17/h3-10,16H,11-12,18H2,1-2H3. The molecule has 0 spiro atoms. The Morgan fingerprint density at radius 3 is 2.26 bits per heavy atom. The van der Waals surface area contributed by atoms with Crippen molar-refractivity contribution in [2.75, 3.05) is 5.75 Å². The molecule has 0 bridgehead atoms. The van der Waals surface area contributed by atoms with Gasteiger partial charge in [0.1, 0.15) is 0 Å². The van der Waals surface area contributed by atoms with E-state index in [9.17, 15) is 0 Å². The topological polar surface area (TPSA) is 26.0 Å². The fraction of sp³-hybridized carbons (Fsp3) is 0.294. The van der Waals surface area contributed by atoms with E-state index in [-0.39, 0.29) is 6.04 Å². The molecule has 0 saturated heterocycles. The second-order valence-electron chi connectivity index (χ2n) is 5.08. The summed E-state index contributed by atoms with van der Waals surface area (Å²) in [7, 11) is 0. The predicted molar refractivity (Wildman–Crippen MR) is 84.8 cm³/mol. The average Bonchev–Trinajstić information content (AvgIpc) is 2.36. The summed E-state index contributed by atoms with van der Waals surface area (Å²) >= 11 is 1.83. The van der Waals surface area contributed by atoms with Crippen LogP contribution in [0.5, 0.6) is 0 Å². The molecule has 0 amide bonds. The molecule has 0 radical (unpaired) electrons. The van der Waals surface area contributed by atoms with E-state index >= 15 is 0 Å². The van der Waals surface area contributed by atoms with E-state index in [0.717, 1.165) is 12.2 Å². The van der Waals surface area contributed by atoms with E-state index < -0.39 is 0 Å². The van der Waals surface area contributed by atoms with Gasteiger partial charge in [0.2, 0.25) is 0 Å². The summed E-state index contributed by atoms with van der Waals surface area (Å²) in [5.41, 5.74) is 10.2. The summed E-state index contributed by atoms with van der Waals surface area (Å²) in [6.45, 7) is 4.28. The molecule has 0 fully saturated rings. The summed E-state index contributed by atoms with van der Waals surface area (Å²) in [6, 6.07) is 17.3. The van der Waals surface area contributed by atoms with Crippen LogP contribution in [-0.2, 0) is 6.42 Å². The first kappa shape index (κ1) is 14.2. The van der Waals surface area contributed by atoms with Gasteiger partial charge in [0.25, 0.3) is 0 Å². The molecule has 2 heteroatoms. The molecule has 0 aromatic heterocycles. The Morgan fingerprint density at radius 2 is 1.63 bits per heavy atom. The molecule has 2 aromatic rings. The Bertz CT molecular complexity index is 502. The minimum atomic E-state index is 0.200. The highest BCUT2D eigenvalue weighted by Crippen LogP contribution is 2.19. The number of hydrogen-bond acceptors (Lipinski definition) is 2. The maximum atomic E-state index is 6.23. The van der Waals surface area contributed by atoms with E-state index in [0.29, 0.717) is 0 Å². The summed E-state index contributed by atoms with van der Waals surface area (Å²) in [5.74, 6) is 0.955. The fourth-order valence-corrected chi connectivity index (χ4v) is 3.14. The lowest BCUT2D eigenvalue weighted by molar-refractivity contribution is 0.747. The molecule has 0 aliphatic rings. The average molecular weight is 271 g/mol. The number of hydrogen-bond donors (Lipinski definition) is 1. The van der Waals surface area contributed by atoms with Gasteiger partial charge in [-0.15, -0.1) is 11.8 Å². The second-order valence-corrected chi connectivity index (χ2v) is 6.18. The number of nitrogens with two attached hydrogens (primary N) is 1. The zero-order valence-corrected chi connectivity index (χ0v) is 12.4. The monoisotopic (exact) mass is 271 g/mol. The third-order valence-corrected chi connectivity index (χ3v) is 4.19. The molecule has 1 nitrogen and oxygen atoms in total. The molecular formula is C17H21NS. The smallest absolute Gasteiger partial charge is 0.0174 e. The highest BCUT2D eigenvalue weighted by atomic mass is 32.2. The van der Waals surface area contributed by atoms with Crippen molar-refractivity contribution in [3.63, 3.8) is 0 Å². The van der Waals surface area contributed by atoms with E-state index in [4.69, 9.17) is 5.73 Å². The molecule has 2 N–H and O–H groups in total. The summed E-state index contributed by atoms with van der Waals surface area (Å²) in [5, 5.41) is 0. The lowest BCUT2D eigenvalue weighted by Gasteiger charge is -2.12. The Balaban J connectivity index is 1.89. The van der Waals surface area contributed by atoms with Crippen LogP contribution in [-0.4, -0.2) is 11.8 Å². The molecule has 1 atom stereocenters. The van der Waals surface area contributed by atoms with Gasteiger partial charge in [-0.25, -0.2) is 0 Å². The van der Waals surface area contributed by atoms with Crippen LogP contribution in [0.1, 0.15) is 16.7 Å². The molecule has 0 saturated carbocycles. The van der Waals surface area contributed by atoms with E-state index in [2.05, 4.69) is 56.3 Å². The first-order chi connectivity index (χ1) is 9.13. The van der Waals surface area contributed by atoms with Gasteiger partial charge in [0.05, 0.1) is 0 Å². The van der Waals surface area contributed by atoms with Crippen LogP contribution in [0.3, 0.4) is 0 Å². The first-order valence-electron chi connectivity index (χ1n) is 6.64. The Morgan fingerprint density at radius 1 is 1.00 bits per heavy atom. The summed E-state index contributed by atoms with van der Waals surface area (Å²) in [4.78, 5) is 1.29. The Labute approximate surface area is 120 Å². The van der Waals surface area contributed by atoms with E-state index in [1.807, 2.05) is 17.8 Å². The normalized spacial score (nSPS) is 12.4. The minimum absolute atomic E-state index is 0.200. The number of thioether (sulfide) groups is 1. The second kappa shape index (κ2) is 6.78. The molecular weight excluding hydrogens is 250 g/mol. The molecule has 2 rings (SSSR count). The first-order valence-corrected chi connectivity index (χ1v) is 7.62. The van der Waals surface area contributed by atoms with Gasteiger partial charge in [-0.3, -0.25) is 0 Å². The van der Waals surface area contributed by atoms with Crippen molar-refractivity contribution in [3.8, 4) is 0 Å². The molecule has 19 heavy (non-hydrogen) atoms. The van der Waals surface area contributed by atoms with Gasteiger partial charge < -0.3 is 5.73 Å². The molecule has 0 aliphatic carbocycles. The van der Waals surface area contributed by atoms with Crippen LogP contribution >= 0.6 is 11.8 Å². The fourth-order valence-electron chi connectivity index (χ4n) is 2.27. The van der Waals surface area contributed by atoms with Crippen LogP contribution in [0.2, 0.25) is 0 Å². The van der Waals surface area contributed by atoms with Crippen molar-refractivity contribution in [2.45, 2.75) is 31.2 Å². The summed E-state index contributed by atoms with van der Waals surface area (Å²) < 4.78 is 0. The zero-order valence-electron chi connectivity index (χ0n) is 11.6. The maximum absolute atomic E-state index is 6.23. The molecule has 1 unspecified atom stereocenters. The van der Waals surface area contributed by atoms with Crippen molar-refractivity contribution in [1.29, 1.82) is 0 Å². The van der Waals surface area contributed by atoms with Gasteiger partial charge in [-0.1, -0.05) is 47.5 Å². The lowest BCUT2D eigenvalue weighted by Crippen LogP contribution is -2.25. The van der Waals surface area contributed by atoms with Crippen LogP contribution in [0, 0.1) is 13.8 Å². The summed E-state index contributed by atoms with van der Waals surface area (Å²) in [6.07, 6.45) is 0.947. The van der Waals surface area contributed by atoms with Crippen molar-refractivity contribution in [2.24, 2.45) is 5.73 Å². The van der Waals surface area contributed by atoms with Crippen LogP contribution in [0.25, 0.3) is 0 Å².